The predicted molar refractivity (Wildman–Crippen MR) is 142 cm³/mol. The molecule has 2 saturated heterocycles. The Hall–Kier alpha value is -2.90. The Labute approximate surface area is 217 Å². The van der Waals surface area contributed by atoms with Crippen LogP contribution >= 0.6 is 0 Å². The molecule has 6 nitrogen and oxygen atoms in total. The second-order valence-corrected chi connectivity index (χ2v) is 11.6. The first-order chi connectivity index (χ1) is 17.9. The Morgan fingerprint density at radius 2 is 1.97 bits per heavy atom. The number of halogens is 1. The molecule has 3 aliphatic rings. The summed E-state index contributed by atoms with van der Waals surface area (Å²) in [5.41, 5.74) is 10.5. The number of aromatic nitrogens is 2. The number of fused-ring (bicyclic) bond motifs is 1. The zero-order valence-corrected chi connectivity index (χ0v) is 21.5. The molecule has 2 N–H and O–H groups in total. The van der Waals surface area contributed by atoms with Crippen molar-refractivity contribution in [3.8, 4) is 0 Å². The van der Waals surface area contributed by atoms with Gasteiger partial charge in [0, 0.05) is 67.5 Å². The van der Waals surface area contributed by atoms with Gasteiger partial charge in [0.2, 0.25) is 0 Å². The molecule has 194 valence electrons. The van der Waals surface area contributed by atoms with Gasteiger partial charge in [-0.1, -0.05) is 6.92 Å². The summed E-state index contributed by atoms with van der Waals surface area (Å²) in [6.07, 6.45) is 10.7. The first-order valence-corrected chi connectivity index (χ1v) is 13.5. The zero-order valence-electron chi connectivity index (χ0n) is 21.5. The minimum atomic E-state index is -0.352. The third-order valence-electron chi connectivity index (χ3n) is 8.76. The van der Waals surface area contributed by atoms with E-state index in [-0.39, 0.29) is 24.1 Å². The molecule has 3 fully saturated rings. The predicted octanol–water partition coefficient (Wildman–Crippen LogP) is 5.04. The van der Waals surface area contributed by atoms with Crippen LogP contribution in [0.4, 0.5) is 10.1 Å². The normalized spacial score (nSPS) is 25.3. The van der Waals surface area contributed by atoms with Gasteiger partial charge in [0.1, 0.15) is 5.82 Å². The van der Waals surface area contributed by atoms with Gasteiger partial charge in [0.15, 0.2) is 5.78 Å². The fourth-order valence-corrected chi connectivity index (χ4v) is 6.80. The molecule has 4 heterocycles. The quantitative estimate of drug-likeness (QED) is 0.492. The number of nitrogens with two attached hydrogens (primary N) is 1. The minimum Gasteiger partial charge on any atom is -0.381 e. The van der Waals surface area contributed by atoms with E-state index in [0.717, 1.165) is 75.2 Å². The van der Waals surface area contributed by atoms with E-state index in [9.17, 15) is 9.18 Å². The van der Waals surface area contributed by atoms with Gasteiger partial charge in [0.05, 0.1) is 17.4 Å². The van der Waals surface area contributed by atoms with E-state index >= 15 is 0 Å². The van der Waals surface area contributed by atoms with Gasteiger partial charge < -0.3 is 15.4 Å². The van der Waals surface area contributed by atoms with Crippen LogP contribution in [0, 0.1) is 17.2 Å². The van der Waals surface area contributed by atoms with Crippen molar-refractivity contribution >= 4 is 22.4 Å². The van der Waals surface area contributed by atoms with Crippen molar-refractivity contribution in [2.24, 2.45) is 17.1 Å². The lowest BCUT2D eigenvalue weighted by Gasteiger charge is -2.53. The van der Waals surface area contributed by atoms with Gasteiger partial charge in [0.25, 0.3) is 0 Å². The maximum Gasteiger partial charge on any atom is 0.169 e. The van der Waals surface area contributed by atoms with Crippen molar-refractivity contribution in [1.29, 1.82) is 0 Å². The zero-order chi connectivity index (χ0) is 25.6. The molecule has 37 heavy (non-hydrogen) atoms. The molecule has 7 heteroatoms. The van der Waals surface area contributed by atoms with Crippen LogP contribution in [-0.4, -0.2) is 48.1 Å². The number of carbonyl (C=O) groups is 1. The number of nitrogens with zero attached hydrogens (tertiary/aromatic N) is 3. The van der Waals surface area contributed by atoms with Crippen molar-refractivity contribution in [3.63, 3.8) is 0 Å². The average molecular weight is 503 g/mol. The highest BCUT2D eigenvalue weighted by Crippen LogP contribution is 2.42. The molecule has 1 aromatic carbocycles. The largest absolute Gasteiger partial charge is 0.381 e. The molecule has 0 radical (unpaired) electrons. The van der Waals surface area contributed by atoms with Crippen molar-refractivity contribution < 1.29 is 13.9 Å². The third-order valence-corrected chi connectivity index (χ3v) is 8.76. The first kappa shape index (κ1) is 24.4. The molecule has 1 saturated carbocycles. The second-order valence-electron chi connectivity index (χ2n) is 11.6. The smallest absolute Gasteiger partial charge is 0.169 e. The molecule has 1 aliphatic carbocycles. The number of anilines is 1. The number of Topliss-reactive ketones (excluding diaryl/α,β-unsaturated/α-hetero) is 1. The Morgan fingerprint density at radius 3 is 2.76 bits per heavy atom. The number of carbonyl (C=O) groups excluding carboxylic acids is 1. The number of hydrogen-bond acceptors (Lipinski definition) is 6. The maximum atomic E-state index is 14.9. The Kier molecular flexibility index (Phi) is 6.45. The molecule has 1 spiro atoms. The molecular weight excluding hydrogens is 467 g/mol. The van der Waals surface area contributed by atoms with Crippen LogP contribution in [0.3, 0.4) is 0 Å². The molecule has 2 aliphatic heterocycles. The lowest BCUT2D eigenvalue weighted by molar-refractivity contribution is -0.000202. The van der Waals surface area contributed by atoms with Crippen LogP contribution in [-0.2, 0) is 11.2 Å². The Balaban J connectivity index is 1.25. The fourth-order valence-electron chi connectivity index (χ4n) is 6.80. The highest BCUT2D eigenvalue weighted by atomic mass is 19.1. The molecule has 3 atom stereocenters. The summed E-state index contributed by atoms with van der Waals surface area (Å²) in [5, 5.41) is 0.398. The molecule has 0 bridgehead atoms. The SMILES string of the molecule is C[C@@H]1C[C@H](N)C[C@H](c2ccncc2CC(=O)c2ccc(F)c3cc(N4CC5(CCOCC5)C4)cnc23)C1. The van der Waals surface area contributed by atoms with Gasteiger partial charge in [-0.05, 0) is 79.3 Å². The van der Waals surface area contributed by atoms with Crippen LogP contribution < -0.4 is 10.6 Å². The van der Waals surface area contributed by atoms with Crippen molar-refractivity contribution in [2.45, 2.75) is 57.4 Å². The highest BCUT2D eigenvalue weighted by molar-refractivity contribution is 6.08. The van der Waals surface area contributed by atoms with E-state index in [1.807, 2.05) is 12.1 Å². The summed E-state index contributed by atoms with van der Waals surface area (Å²) < 4.78 is 20.5. The Morgan fingerprint density at radius 1 is 1.16 bits per heavy atom. The van der Waals surface area contributed by atoms with Gasteiger partial charge in [-0.3, -0.25) is 14.8 Å². The first-order valence-electron chi connectivity index (χ1n) is 13.5. The van der Waals surface area contributed by atoms with E-state index < -0.39 is 0 Å². The number of ketones is 1. The summed E-state index contributed by atoms with van der Waals surface area (Å²) in [4.78, 5) is 24.7. The molecule has 2 aromatic heterocycles. The number of hydrogen-bond donors (Lipinski definition) is 1. The van der Waals surface area contributed by atoms with E-state index in [2.05, 4.69) is 21.8 Å². The van der Waals surface area contributed by atoms with Crippen molar-refractivity contribution in [2.75, 3.05) is 31.2 Å². The van der Waals surface area contributed by atoms with Crippen molar-refractivity contribution in [1.82, 2.24) is 9.97 Å². The van der Waals surface area contributed by atoms with Crippen LogP contribution in [0.5, 0.6) is 0 Å². The summed E-state index contributed by atoms with van der Waals surface area (Å²) in [6.45, 7) is 5.75. The van der Waals surface area contributed by atoms with Gasteiger partial charge in [-0.2, -0.15) is 0 Å². The summed E-state index contributed by atoms with van der Waals surface area (Å²) >= 11 is 0. The monoisotopic (exact) mass is 502 g/mol. The Bertz CT molecular complexity index is 1300. The summed E-state index contributed by atoms with van der Waals surface area (Å²) in [7, 11) is 0. The van der Waals surface area contributed by atoms with Crippen LogP contribution in [0.25, 0.3) is 10.9 Å². The number of ether oxygens (including phenoxy) is 1. The summed E-state index contributed by atoms with van der Waals surface area (Å²) in [5.74, 6) is 0.454. The average Bonchev–Trinajstić information content (AvgIpc) is 2.87. The maximum absolute atomic E-state index is 14.9. The minimum absolute atomic E-state index is 0.0715. The van der Waals surface area contributed by atoms with Gasteiger partial charge in [-0.25, -0.2) is 4.39 Å². The van der Waals surface area contributed by atoms with Gasteiger partial charge in [-0.15, -0.1) is 0 Å². The lowest BCUT2D eigenvalue weighted by atomic mass is 9.73. The second kappa shape index (κ2) is 9.76. The van der Waals surface area contributed by atoms with Crippen molar-refractivity contribution in [3.05, 3.63) is 65.4 Å². The molecule has 3 aromatic rings. The van der Waals surface area contributed by atoms with E-state index in [4.69, 9.17) is 10.5 Å². The highest BCUT2D eigenvalue weighted by Gasteiger charge is 2.44. The topological polar surface area (TPSA) is 81.3 Å². The van der Waals surface area contributed by atoms with E-state index in [1.54, 1.807) is 24.7 Å². The van der Waals surface area contributed by atoms with Crippen LogP contribution in [0.15, 0.2) is 42.9 Å². The third kappa shape index (κ3) is 4.75. The molecule has 6 rings (SSSR count). The molecular formula is C30H35FN4O2. The van der Waals surface area contributed by atoms with E-state index in [0.29, 0.717) is 33.7 Å². The summed E-state index contributed by atoms with van der Waals surface area (Å²) in [6, 6.07) is 7.02. The van der Waals surface area contributed by atoms with E-state index in [1.165, 1.54) is 6.07 Å². The molecule has 0 amide bonds. The number of rotatable bonds is 5. The lowest BCUT2D eigenvalue weighted by Crippen LogP contribution is -2.58. The van der Waals surface area contributed by atoms with Crippen LogP contribution in [0.2, 0.25) is 0 Å². The molecule has 0 unspecified atom stereocenters. The number of benzene rings is 1. The standard InChI is InChI=1S/C30H35FN4O2/c1-19-10-20(12-22(32)11-19)24-4-7-33-15-21(24)13-28(36)25-2-3-27(31)26-14-23(16-34-29(25)26)35-17-30(18-35)5-8-37-9-6-30/h2-4,7,14-16,19-20,22H,5-6,8-13,17-18,32H2,1H3/t19-,20+,22-/m0/s1. The fraction of sp³-hybridized carbons (Fsp3) is 0.500. The number of pyridine rings is 2. The van der Waals surface area contributed by atoms with Gasteiger partial charge >= 0.3 is 0 Å². The van der Waals surface area contributed by atoms with Crippen LogP contribution in [0.1, 0.15) is 66.4 Å².